The van der Waals surface area contributed by atoms with E-state index in [-0.39, 0.29) is 12.3 Å². The van der Waals surface area contributed by atoms with Crippen molar-refractivity contribution in [3.8, 4) is 11.5 Å². The number of aromatic nitrogens is 5. The fourth-order valence-corrected chi connectivity index (χ4v) is 3.77. The van der Waals surface area contributed by atoms with Gasteiger partial charge in [-0.2, -0.15) is 11.3 Å². The Bertz CT molecular complexity index is 1060. The third-order valence-corrected chi connectivity index (χ3v) is 5.56. The Hall–Kier alpha value is -2.98. The number of nitrogens with one attached hydrogen (secondary N) is 1. The van der Waals surface area contributed by atoms with Crippen LogP contribution in [0.3, 0.4) is 0 Å². The van der Waals surface area contributed by atoms with Gasteiger partial charge in [-0.15, -0.1) is 20.4 Å². The number of benzene rings is 1. The second kappa shape index (κ2) is 8.36. The quantitative estimate of drug-likeness (QED) is 0.495. The zero-order chi connectivity index (χ0) is 19.3. The standard InChI is InChI=1S/C18H16N6O2S2/c1-24-11-19-23-18(24)28-14-4-2-13(3-5-14)20-15(25)6-7-16-21-22-17(26-16)12-8-9-27-10-12/h2-5,8-11H,6-7H2,1H3,(H,20,25). The second-order valence-corrected chi connectivity index (χ2v) is 7.73. The van der Waals surface area contributed by atoms with Crippen molar-refractivity contribution < 1.29 is 9.21 Å². The Kier molecular flexibility index (Phi) is 5.49. The van der Waals surface area contributed by atoms with E-state index in [1.54, 1.807) is 17.7 Å². The van der Waals surface area contributed by atoms with Crippen molar-refractivity contribution in [3.05, 3.63) is 53.3 Å². The van der Waals surface area contributed by atoms with Gasteiger partial charge in [0.1, 0.15) is 6.33 Å². The molecule has 0 atom stereocenters. The molecule has 1 aromatic carbocycles. The van der Waals surface area contributed by atoms with E-state index in [1.165, 1.54) is 11.8 Å². The van der Waals surface area contributed by atoms with Gasteiger partial charge in [0.2, 0.25) is 17.7 Å². The first kappa shape index (κ1) is 18.4. The lowest BCUT2D eigenvalue weighted by Crippen LogP contribution is -2.12. The summed E-state index contributed by atoms with van der Waals surface area (Å²) in [5.74, 6) is 0.823. The molecule has 0 fully saturated rings. The highest BCUT2D eigenvalue weighted by Crippen LogP contribution is 2.26. The molecule has 4 rings (SSSR count). The zero-order valence-electron chi connectivity index (χ0n) is 14.9. The van der Waals surface area contributed by atoms with Gasteiger partial charge in [-0.05, 0) is 47.5 Å². The molecular weight excluding hydrogens is 396 g/mol. The van der Waals surface area contributed by atoms with Crippen LogP contribution in [0.2, 0.25) is 0 Å². The van der Waals surface area contributed by atoms with Crippen LogP contribution < -0.4 is 5.32 Å². The predicted molar refractivity (Wildman–Crippen MR) is 106 cm³/mol. The molecule has 142 valence electrons. The van der Waals surface area contributed by atoms with E-state index < -0.39 is 0 Å². The van der Waals surface area contributed by atoms with Crippen LogP contribution in [0.15, 0.2) is 61.9 Å². The van der Waals surface area contributed by atoms with Gasteiger partial charge in [0.05, 0.1) is 0 Å². The van der Waals surface area contributed by atoms with Crippen LogP contribution in [-0.2, 0) is 18.3 Å². The molecule has 1 amide bonds. The summed E-state index contributed by atoms with van der Waals surface area (Å²) in [7, 11) is 1.89. The highest BCUT2D eigenvalue weighted by atomic mass is 32.2. The molecule has 1 N–H and O–H groups in total. The summed E-state index contributed by atoms with van der Waals surface area (Å²) >= 11 is 3.07. The predicted octanol–water partition coefficient (Wildman–Crippen LogP) is 3.65. The number of carbonyl (C=O) groups excluding carboxylic acids is 1. The lowest BCUT2D eigenvalue weighted by Gasteiger charge is -2.05. The van der Waals surface area contributed by atoms with Gasteiger partial charge in [0.15, 0.2) is 5.16 Å². The Morgan fingerprint density at radius 1 is 1.21 bits per heavy atom. The number of hydrogen-bond acceptors (Lipinski definition) is 8. The van der Waals surface area contributed by atoms with Crippen molar-refractivity contribution >= 4 is 34.7 Å². The summed E-state index contributed by atoms with van der Waals surface area (Å²) in [6.45, 7) is 0. The number of anilines is 1. The fraction of sp³-hybridized carbons (Fsp3) is 0.167. The van der Waals surface area contributed by atoms with Crippen LogP contribution in [-0.4, -0.2) is 30.9 Å². The Balaban J connectivity index is 1.28. The highest BCUT2D eigenvalue weighted by molar-refractivity contribution is 7.99. The van der Waals surface area contributed by atoms with Gasteiger partial charge < -0.3 is 14.3 Å². The first-order chi connectivity index (χ1) is 13.7. The number of amides is 1. The average Bonchev–Trinajstić information content (AvgIpc) is 3.44. The van der Waals surface area contributed by atoms with Gasteiger partial charge in [-0.1, -0.05) is 0 Å². The zero-order valence-corrected chi connectivity index (χ0v) is 16.5. The van der Waals surface area contributed by atoms with E-state index in [4.69, 9.17) is 4.42 Å². The first-order valence-electron chi connectivity index (χ1n) is 8.44. The summed E-state index contributed by atoms with van der Waals surface area (Å²) in [6, 6.07) is 9.50. The van der Waals surface area contributed by atoms with E-state index in [1.807, 2.05) is 52.7 Å². The van der Waals surface area contributed by atoms with E-state index in [9.17, 15) is 4.79 Å². The van der Waals surface area contributed by atoms with E-state index in [0.29, 0.717) is 18.2 Å². The van der Waals surface area contributed by atoms with Gasteiger partial charge >= 0.3 is 0 Å². The number of rotatable bonds is 7. The molecule has 0 aliphatic heterocycles. The smallest absolute Gasteiger partial charge is 0.248 e. The molecule has 0 unspecified atom stereocenters. The normalized spacial score (nSPS) is 10.9. The molecular formula is C18H16N6O2S2. The minimum Gasteiger partial charge on any atom is -0.421 e. The molecule has 0 bridgehead atoms. The van der Waals surface area contributed by atoms with E-state index in [2.05, 4.69) is 25.7 Å². The van der Waals surface area contributed by atoms with Crippen molar-refractivity contribution in [3.63, 3.8) is 0 Å². The molecule has 8 nitrogen and oxygen atoms in total. The third-order valence-electron chi connectivity index (χ3n) is 3.82. The lowest BCUT2D eigenvalue weighted by atomic mass is 10.2. The Morgan fingerprint density at radius 2 is 2.07 bits per heavy atom. The van der Waals surface area contributed by atoms with Crippen molar-refractivity contribution in [1.82, 2.24) is 25.0 Å². The maximum atomic E-state index is 12.2. The molecule has 0 aliphatic rings. The summed E-state index contributed by atoms with van der Waals surface area (Å²) in [6.07, 6.45) is 2.31. The minimum atomic E-state index is -0.107. The fourth-order valence-electron chi connectivity index (χ4n) is 2.38. The molecule has 10 heteroatoms. The van der Waals surface area contributed by atoms with Crippen LogP contribution in [0.4, 0.5) is 5.69 Å². The summed E-state index contributed by atoms with van der Waals surface area (Å²) in [5, 5.41) is 23.5. The molecule has 4 aromatic rings. The summed E-state index contributed by atoms with van der Waals surface area (Å²) in [4.78, 5) is 13.2. The van der Waals surface area contributed by atoms with Crippen molar-refractivity contribution in [2.24, 2.45) is 7.05 Å². The molecule has 0 spiro atoms. The molecule has 0 saturated carbocycles. The van der Waals surface area contributed by atoms with E-state index in [0.717, 1.165) is 21.3 Å². The maximum Gasteiger partial charge on any atom is 0.248 e. The van der Waals surface area contributed by atoms with Crippen LogP contribution >= 0.6 is 23.1 Å². The number of aryl methyl sites for hydroxylation is 2. The largest absolute Gasteiger partial charge is 0.421 e. The lowest BCUT2D eigenvalue weighted by molar-refractivity contribution is -0.116. The highest BCUT2D eigenvalue weighted by Gasteiger charge is 2.11. The number of nitrogens with zero attached hydrogens (tertiary/aromatic N) is 5. The van der Waals surface area contributed by atoms with Gasteiger partial charge in [0, 0.05) is 41.4 Å². The van der Waals surface area contributed by atoms with Crippen molar-refractivity contribution in [1.29, 1.82) is 0 Å². The topological polar surface area (TPSA) is 98.7 Å². The second-order valence-electron chi connectivity index (χ2n) is 5.91. The van der Waals surface area contributed by atoms with Crippen LogP contribution in [0.1, 0.15) is 12.3 Å². The molecule has 0 saturated heterocycles. The van der Waals surface area contributed by atoms with Crippen LogP contribution in [0, 0.1) is 0 Å². The number of thiophene rings is 1. The van der Waals surface area contributed by atoms with Gasteiger partial charge in [-0.3, -0.25) is 4.79 Å². The van der Waals surface area contributed by atoms with Crippen molar-refractivity contribution in [2.45, 2.75) is 22.9 Å². The summed E-state index contributed by atoms with van der Waals surface area (Å²) < 4.78 is 7.44. The molecule has 0 radical (unpaired) electrons. The number of hydrogen-bond donors (Lipinski definition) is 1. The Labute approximate surface area is 169 Å². The van der Waals surface area contributed by atoms with Crippen LogP contribution in [0.25, 0.3) is 11.5 Å². The summed E-state index contributed by atoms with van der Waals surface area (Å²) in [5.41, 5.74) is 1.63. The van der Waals surface area contributed by atoms with Crippen LogP contribution in [0.5, 0.6) is 0 Å². The maximum absolute atomic E-state index is 12.2. The molecule has 0 aliphatic carbocycles. The van der Waals surface area contributed by atoms with Gasteiger partial charge in [-0.25, -0.2) is 0 Å². The minimum absolute atomic E-state index is 0.107. The SMILES string of the molecule is Cn1cnnc1Sc1ccc(NC(=O)CCc2nnc(-c3ccsc3)o2)cc1. The number of carbonyl (C=O) groups is 1. The van der Waals surface area contributed by atoms with E-state index >= 15 is 0 Å². The third kappa shape index (κ3) is 4.46. The Morgan fingerprint density at radius 3 is 2.79 bits per heavy atom. The average molecular weight is 413 g/mol. The molecule has 3 aromatic heterocycles. The van der Waals surface area contributed by atoms with Gasteiger partial charge in [0.25, 0.3) is 0 Å². The van der Waals surface area contributed by atoms with Crippen molar-refractivity contribution in [2.75, 3.05) is 5.32 Å². The molecule has 28 heavy (non-hydrogen) atoms. The molecule has 3 heterocycles. The monoisotopic (exact) mass is 412 g/mol. The first-order valence-corrected chi connectivity index (χ1v) is 10.2.